The van der Waals surface area contributed by atoms with Crippen molar-refractivity contribution in [2.75, 3.05) is 0 Å². The molecule has 4 nitrogen and oxygen atoms in total. The molecule has 0 radical (unpaired) electrons. The molecule has 1 amide bonds. The number of nitrogens with zero attached hydrogens (tertiary/aromatic N) is 1. The van der Waals surface area contributed by atoms with E-state index in [2.05, 4.69) is 29.1 Å². The van der Waals surface area contributed by atoms with Gasteiger partial charge in [-0.2, -0.15) is 0 Å². The van der Waals surface area contributed by atoms with Gasteiger partial charge in [0.25, 0.3) is 5.91 Å². The fourth-order valence-corrected chi connectivity index (χ4v) is 3.48. The summed E-state index contributed by atoms with van der Waals surface area (Å²) in [7, 11) is 0. The fraction of sp³-hybridized carbons (Fsp3) is 0.294. The molecule has 0 aliphatic rings. The van der Waals surface area contributed by atoms with Crippen LogP contribution in [0.3, 0.4) is 0 Å². The first-order valence-electron chi connectivity index (χ1n) is 7.48. The summed E-state index contributed by atoms with van der Waals surface area (Å²) in [5.41, 5.74) is 3.19. The quantitative estimate of drug-likeness (QED) is 0.752. The van der Waals surface area contributed by atoms with Gasteiger partial charge in [-0.25, -0.2) is 4.98 Å². The number of carbonyl (C=O) groups is 1. The van der Waals surface area contributed by atoms with Crippen molar-refractivity contribution < 1.29 is 4.79 Å². The van der Waals surface area contributed by atoms with Crippen LogP contribution in [0.2, 0.25) is 0 Å². The minimum absolute atomic E-state index is 0.0316. The number of hydrogen-bond donors (Lipinski definition) is 2. The Bertz CT molecular complexity index is 770. The molecule has 2 aromatic heterocycles. The molecular formula is C17H19N3OS. The lowest BCUT2D eigenvalue weighted by Crippen LogP contribution is -2.22. The van der Waals surface area contributed by atoms with Gasteiger partial charge in [0.1, 0.15) is 5.82 Å². The van der Waals surface area contributed by atoms with Crippen molar-refractivity contribution in [1.82, 2.24) is 15.3 Å². The smallest absolute Gasteiger partial charge is 0.261 e. The Kier molecular flexibility index (Phi) is 4.24. The molecule has 0 saturated carbocycles. The first-order valence-corrected chi connectivity index (χ1v) is 8.30. The SMILES string of the molecule is CCCc1cc(C(=O)NCc2nc3ccccc3[nH]2)sc1C. The molecule has 0 bridgehead atoms. The van der Waals surface area contributed by atoms with E-state index >= 15 is 0 Å². The van der Waals surface area contributed by atoms with Crippen LogP contribution in [0.5, 0.6) is 0 Å². The Balaban J connectivity index is 1.67. The van der Waals surface area contributed by atoms with E-state index in [0.29, 0.717) is 6.54 Å². The van der Waals surface area contributed by atoms with Crippen LogP contribution in [0.25, 0.3) is 11.0 Å². The second-order valence-corrected chi connectivity index (χ2v) is 6.58. The predicted octanol–water partition coefficient (Wildman–Crippen LogP) is 3.82. The highest BCUT2D eigenvalue weighted by atomic mass is 32.1. The second kappa shape index (κ2) is 6.32. The van der Waals surface area contributed by atoms with Gasteiger partial charge in [0, 0.05) is 4.88 Å². The van der Waals surface area contributed by atoms with Crippen LogP contribution >= 0.6 is 11.3 Å². The molecule has 3 rings (SSSR count). The summed E-state index contributed by atoms with van der Waals surface area (Å²) in [5.74, 6) is 0.743. The maximum absolute atomic E-state index is 12.3. The Morgan fingerprint density at radius 3 is 2.95 bits per heavy atom. The van der Waals surface area contributed by atoms with Crippen molar-refractivity contribution in [3.8, 4) is 0 Å². The van der Waals surface area contributed by atoms with Crippen LogP contribution in [0.15, 0.2) is 30.3 Å². The molecule has 5 heteroatoms. The molecule has 0 aliphatic heterocycles. The monoisotopic (exact) mass is 313 g/mol. The van der Waals surface area contributed by atoms with Crippen molar-refractivity contribution in [2.24, 2.45) is 0 Å². The maximum atomic E-state index is 12.3. The van der Waals surface area contributed by atoms with E-state index in [9.17, 15) is 4.79 Å². The lowest BCUT2D eigenvalue weighted by molar-refractivity contribution is 0.0954. The Morgan fingerprint density at radius 1 is 1.36 bits per heavy atom. The van der Waals surface area contributed by atoms with Gasteiger partial charge < -0.3 is 10.3 Å². The molecule has 0 unspecified atom stereocenters. The van der Waals surface area contributed by atoms with E-state index in [1.54, 1.807) is 11.3 Å². The third-order valence-electron chi connectivity index (χ3n) is 3.62. The summed E-state index contributed by atoms with van der Waals surface area (Å²) in [6, 6.07) is 9.86. The number of H-pyrrole nitrogens is 1. The Morgan fingerprint density at radius 2 is 2.18 bits per heavy atom. The zero-order valence-electron chi connectivity index (χ0n) is 12.8. The number of rotatable bonds is 5. The number of aromatic amines is 1. The van der Waals surface area contributed by atoms with E-state index in [1.807, 2.05) is 30.3 Å². The minimum atomic E-state index is -0.0316. The number of hydrogen-bond acceptors (Lipinski definition) is 3. The first-order chi connectivity index (χ1) is 10.7. The summed E-state index contributed by atoms with van der Waals surface area (Å²) in [5, 5.41) is 2.94. The maximum Gasteiger partial charge on any atom is 0.261 e. The zero-order valence-corrected chi connectivity index (χ0v) is 13.6. The zero-order chi connectivity index (χ0) is 15.5. The van der Waals surface area contributed by atoms with Gasteiger partial charge in [-0.3, -0.25) is 4.79 Å². The minimum Gasteiger partial charge on any atom is -0.344 e. The molecule has 2 heterocycles. The number of amides is 1. The molecule has 0 spiro atoms. The molecule has 3 aromatic rings. The molecule has 22 heavy (non-hydrogen) atoms. The largest absolute Gasteiger partial charge is 0.344 e. The van der Waals surface area contributed by atoms with Crippen LogP contribution in [0.1, 0.15) is 39.3 Å². The lowest BCUT2D eigenvalue weighted by Gasteiger charge is -2.00. The van der Waals surface area contributed by atoms with E-state index in [1.165, 1.54) is 10.4 Å². The number of aromatic nitrogens is 2. The average molecular weight is 313 g/mol. The van der Waals surface area contributed by atoms with Gasteiger partial charge >= 0.3 is 0 Å². The summed E-state index contributed by atoms with van der Waals surface area (Å²) in [6.07, 6.45) is 2.12. The van der Waals surface area contributed by atoms with E-state index in [-0.39, 0.29) is 5.91 Å². The summed E-state index contributed by atoms with van der Waals surface area (Å²) < 4.78 is 0. The highest BCUT2D eigenvalue weighted by Crippen LogP contribution is 2.22. The predicted molar refractivity (Wildman–Crippen MR) is 90.3 cm³/mol. The molecule has 0 fully saturated rings. The first kappa shape index (κ1) is 14.8. The van der Waals surface area contributed by atoms with Crippen molar-refractivity contribution in [3.05, 3.63) is 51.5 Å². The van der Waals surface area contributed by atoms with Crippen LogP contribution < -0.4 is 5.32 Å². The number of imidazole rings is 1. The van der Waals surface area contributed by atoms with Crippen LogP contribution in [0, 0.1) is 6.92 Å². The van der Waals surface area contributed by atoms with Crippen molar-refractivity contribution in [1.29, 1.82) is 0 Å². The third kappa shape index (κ3) is 3.04. The third-order valence-corrected chi connectivity index (χ3v) is 4.71. The molecular weight excluding hydrogens is 294 g/mol. The average Bonchev–Trinajstić information content (AvgIpc) is 3.09. The number of para-hydroxylation sites is 2. The van der Waals surface area contributed by atoms with Crippen molar-refractivity contribution >= 4 is 28.3 Å². The van der Waals surface area contributed by atoms with E-state index in [4.69, 9.17) is 0 Å². The standard InChI is InChI=1S/C17H19N3OS/c1-3-6-12-9-15(22-11(12)2)17(21)18-10-16-19-13-7-4-5-8-14(13)20-16/h4-5,7-9H,3,6,10H2,1-2H3,(H,18,21)(H,19,20). The van der Waals surface area contributed by atoms with Gasteiger partial charge in [0.2, 0.25) is 0 Å². The van der Waals surface area contributed by atoms with Gasteiger partial charge in [-0.15, -0.1) is 11.3 Å². The summed E-state index contributed by atoms with van der Waals surface area (Å²) >= 11 is 1.56. The normalized spacial score (nSPS) is 11.0. The molecule has 114 valence electrons. The van der Waals surface area contributed by atoms with E-state index < -0.39 is 0 Å². The van der Waals surface area contributed by atoms with Gasteiger partial charge in [-0.05, 0) is 37.1 Å². The molecule has 0 saturated heterocycles. The molecule has 0 atom stereocenters. The molecule has 0 aliphatic carbocycles. The topological polar surface area (TPSA) is 57.8 Å². The summed E-state index contributed by atoms with van der Waals surface area (Å²) in [6.45, 7) is 4.64. The van der Waals surface area contributed by atoms with Gasteiger partial charge in [0.15, 0.2) is 0 Å². The van der Waals surface area contributed by atoms with Crippen molar-refractivity contribution in [3.63, 3.8) is 0 Å². The second-order valence-electron chi connectivity index (χ2n) is 5.33. The highest BCUT2D eigenvalue weighted by molar-refractivity contribution is 7.14. The van der Waals surface area contributed by atoms with Crippen LogP contribution in [-0.4, -0.2) is 15.9 Å². The summed E-state index contributed by atoms with van der Waals surface area (Å²) in [4.78, 5) is 21.9. The van der Waals surface area contributed by atoms with E-state index in [0.717, 1.165) is 34.6 Å². The van der Waals surface area contributed by atoms with Crippen LogP contribution in [0.4, 0.5) is 0 Å². The number of fused-ring (bicyclic) bond motifs is 1. The lowest BCUT2D eigenvalue weighted by atomic mass is 10.1. The molecule has 2 N–H and O–H groups in total. The fourth-order valence-electron chi connectivity index (χ4n) is 2.49. The van der Waals surface area contributed by atoms with Gasteiger partial charge in [-0.1, -0.05) is 25.5 Å². The number of aryl methyl sites for hydroxylation is 2. The number of benzene rings is 1. The number of carbonyl (C=O) groups excluding carboxylic acids is 1. The Labute approximate surface area is 133 Å². The number of thiophene rings is 1. The number of nitrogens with one attached hydrogen (secondary N) is 2. The highest BCUT2D eigenvalue weighted by Gasteiger charge is 2.12. The van der Waals surface area contributed by atoms with Crippen LogP contribution in [-0.2, 0) is 13.0 Å². The van der Waals surface area contributed by atoms with Crippen molar-refractivity contribution in [2.45, 2.75) is 33.2 Å². The molecule has 1 aromatic carbocycles. The Hall–Kier alpha value is -2.14. The van der Waals surface area contributed by atoms with Gasteiger partial charge in [0.05, 0.1) is 22.5 Å².